The Morgan fingerprint density at radius 2 is 2.21 bits per heavy atom. The highest BCUT2D eigenvalue weighted by atomic mass is 16.1. The lowest BCUT2D eigenvalue weighted by Gasteiger charge is -2.06. The van der Waals surface area contributed by atoms with E-state index >= 15 is 0 Å². The number of rotatable bonds is 3. The highest BCUT2D eigenvalue weighted by Crippen LogP contribution is 2.17. The molecule has 0 atom stereocenters. The van der Waals surface area contributed by atoms with Crippen LogP contribution in [0.4, 0.5) is 5.69 Å². The summed E-state index contributed by atoms with van der Waals surface area (Å²) < 4.78 is 1.59. The van der Waals surface area contributed by atoms with Gasteiger partial charge in [-0.2, -0.15) is 0 Å². The highest BCUT2D eigenvalue weighted by Gasteiger charge is 2.02. The Hall–Kier alpha value is -2.17. The van der Waals surface area contributed by atoms with Gasteiger partial charge in [0, 0.05) is 0 Å². The number of hydrogen-bond acceptors (Lipinski definition) is 3. The van der Waals surface area contributed by atoms with Crippen molar-refractivity contribution in [3.8, 4) is 5.69 Å². The van der Waals surface area contributed by atoms with Crippen molar-refractivity contribution in [2.24, 2.45) is 0 Å². The van der Waals surface area contributed by atoms with Crippen molar-refractivity contribution >= 4 is 12.1 Å². The van der Waals surface area contributed by atoms with Gasteiger partial charge in [-0.15, -0.1) is 5.10 Å². The normalized spacial score (nSPS) is 9.71. The summed E-state index contributed by atoms with van der Waals surface area (Å²) >= 11 is 0. The predicted octanol–water partition coefficient (Wildman–Crippen LogP) is 0.836. The molecule has 1 amide bonds. The second kappa shape index (κ2) is 3.69. The van der Waals surface area contributed by atoms with Crippen LogP contribution >= 0.6 is 0 Å². The topological polar surface area (TPSA) is 59.8 Å². The van der Waals surface area contributed by atoms with Gasteiger partial charge in [0.2, 0.25) is 6.41 Å². The maximum absolute atomic E-state index is 10.3. The molecule has 0 aliphatic carbocycles. The van der Waals surface area contributed by atoms with Gasteiger partial charge < -0.3 is 5.32 Å². The van der Waals surface area contributed by atoms with E-state index in [0.717, 1.165) is 5.69 Å². The number of anilines is 1. The SMILES string of the molecule is O=CNc1ccccc1-n1ccnn1. The van der Waals surface area contributed by atoms with Crippen LogP contribution in [0.3, 0.4) is 0 Å². The lowest BCUT2D eigenvalue weighted by atomic mass is 10.2. The first-order valence-electron chi connectivity index (χ1n) is 4.08. The van der Waals surface area contributed by atoms with Crippen LogP contribution in [0.2, 0.25) is 0 Å². The van der Waals surface area contributed by atoms with Crippen LogP contribution in [-0.2, 0) is 4.79 Å². The first-order chi connectivity index (χ1) is 6.92. The number of carbonyl (C=O) groups excluding carboxylic acids is 1. The summed E-state index contributed by atoms with van der Waals surface area (Å²) in [4.78, 5) is 10.3. The molecule has 1 heterocycles. The molecule has 0 aliphatic heterocycles. The highest BCUT2D eigenvalue weighted by molar-refractivity contribution is 5.76. The van der Waals surface area contributed by atoms with Crippen LogP contribution in [0.25, 0.3) is 5.69 Å². The summed E-state index contributed by atoms with van der Waals surface area (Å²) in [6, 6.07) is 7.35. The van der Waals surface area contributed by atoms with Crippen molar-refractivity contribution in [2.75, 3.05) is 5.32 Å². The Balaban J connectivity index is 2.46. The molecule has 0 fully saturated rings. The Kier molecular flexibility index (Phi) is 2.22. The van der Waals surface area contributed by atoms with E-state index in [0.29, 0.717) is 12.1 Å². The molecule has 5 nitrogen and oxygen atoms in total. The van der Waals surface area contributed by atoms with E-state index < -0.39 is 0 Å². The van der Waals surface area contributed by atoms with Gasteiger partial charge in [0.15, 0.2) is 0 Å². The maximum Gasteiger partial charge on any atom is 0.211 e. The van der Waals surface area contributed by atoms with Crippen molar-refractivity contribution in [2.45, 2.75) is 0 Å². The monoisotopic (exact) mass is 188 g/mol. The molecular weight excluding hydrogens is 180 g/mol. The van der Waals surface area contributed by atoms with Crippen LogP contribution < -0.4 is 5.32 Å². The van der Waals surface area contributed by atoms with Gasteiger partial charge in [0.25, 0.3) is 0 Å². The van der Waals surface area contributed by atoms with Crippen LogP contribution in [0.5, 0.6) is 0 Å². The van der Waals surface area contributed by atoms with Crippen LogP contribution in [0.1, 0.15) is 0 Å². The average Bonchev–Trinajstić information content (AvgIpc) is 2.72. The fourth-order valence-corrected chi connectivity index (χ4v) is 1.20. The number of para-hydroxylation sites is 2. The number of aromatic nitrogens is 3. The number of hydrogen-bond donors (Lipinski definition) is 1. The Labute approximate surface area is 80.4 Å². The number of amides is 1. The van der Waals surface area contributed by atoms with Crippen molar-refractivity contribution < 1.29 is 4.79 Å². The molecule has 1 aromatic heterocycles. The Bertz CT molecular complexity index is 424. The summed E-state index contributed by atoms with van der Waals surface area (Å²) in [7, 11) is 0. The van der Waals surface area contributed by atoms with E-state index in [2.05, 4.69) is 15.6 Å². The summed E-state index contributed by atoms with van der Waals surface area (Å²) in [5, 5.41) is 10.1. The van der Waals surface area contributed by atoms with Gasteiger partial charge in [-0.25, -0.2) is 4.68 Å². The maximum atomic E-state index is 10.3. The zero-order chi connectivity index (χ0) is 9.80. The largest absolute Gasteiger partial charge is 0.327 e. The number of carbonyl (C=O) groups is 1. The number of nitrogens with one attached hydrogen (secondary N) is 1. The standard InChI is InChI=1S/C9H8N4O/c14-7-10-8-3-1-2-4-9(8)13-6-5-11-12-13/h1-7H,(H,10,14). The van der Waals surface area contributed by atoms with Crippen LogP contribution in [-0.4, -0.2) is 21.4 Å². The predicted molar refractivity (Wildman–Crippen MR) is 51.0 cm³/mol. The second-order valence-corrected chi connectivity index (χ2v) is 2.63. The third kappa shape index (κ3) is 1.47. The van der Waals surface area contributed by atoms with Gasteiger partial charge in [0.1, 0.15) is 0 Å². The van der Waals surface area contributed by atoms with Gasteiger partial charge >= 0.3 is 0 Å². The van der Waals surface area contributed by atoms with Gasteiger partial charge in [-0.05, 0) is 12.1 Å². The first kappa shape index (κ1) is 8.43. The van der Waals surface area contributed by atoms with Crippen LogP contribution in [0.15, 0.2) is 36.7 Å². The fraction of sp³-hybridized carbons (Fsp3) is 0. The molecule has 0 spiro atoms. The minimum atomic E-state index is 0.635. The second-order valence-electron chi connectivity index (χ2n) is 2.63. The molecule has 0 aliphatic rings. The summed E-state index contributed by atoms with van der Waals surface area (Å²) in [5.74, 6) is 0. The summed E-state index contributed by atoms with van der Waals surface area (Å²) in [6.45, 7) is 0. The van der Waals surface area contributed by atoms with Gasteiger partial charge in [0.05, 0.1) is 23.8 Å². The van der Waals surface area contributed by atoms with E-state index in [1.165, 1.54) is 0 Å². The third-order valence-electron chi connectivity index (χ3n) is 1.79. The Morgan fingerprint density at radius 1 is 1.36 bits per heavy atom. The van der Waals surface area contributed by atoms with E-state index in [1.54, 1.807) is 23.1 Å². The third-order valence-corrected chi connectivity index (χ3v) is 1.79. The number of benzene rings is 1. The molecule has 1 N–H and O–H groups in total. The molecular formula is C9H8N4O. The van der Waals surface area contributed by atoms with E-state index in [4.69, 9.17) is 0 Å². The van der Waals surface area contributed by atoms with Crippen molar-refractivity contribution in [1.82, 2.24) is 15.0 Å². The quantitative estimate of drug-likeness (QED) is 0.726. The van der Waals surface area contributed by atoms with E-state index in [1.807, 2.05) is 18.2 Å². The van der Waals surface area contributed by atoms with Gasteiger partial charge in [-0.3, -0.25) is 4.79 Å². The molecule has 5 heteroatoms. The molecule has 0 radical (unpaired) electrons. The molecule has 0 saturated heterocycles. The molecule has 70 valence electrons. The van der Waals surface area contributed by atoms with E-state index in [-0.39, 0.29) is 0 Å². The lowest BCUT2D eigenvalue weighted by Crippen LogP contribution is -2.02. The zero-order valence-electron chi connectivity index (χ0n) is 7.29. The Morgan fingerprint density at radius 3 is 2.93 bits per heavy atom. The van der Waals surface area contributed by atoms with E-state index in [9.17, 15) is 4.79 Å². The number of nitrogens with zero attached hydrogens (tertiary/aromatic N) is 3. The summed E-state index contributed by atoms with van der Waals surface area (Å²) in [5.41, 5.74) is 1.49. The smallest absolute Gasteiger partial charge is 0.211 e. The zero-order valence-corrected chi connectivity index (χ0v) is 7.29. The van der Waals surface area contributed by atoms with Crippen molar-refractivity contribution in [3.63, 3.8) is 0 Å². The molecule has 2 rings (SSSR count). The molecule has 14 heavy (non-hydrogen) atoms. The average molecular weight is 188 g/mol. The van der Waals surface area contributed by atoms with Crippen molar-refractivity contribution in [3.05, 3.63) is 36.7 Å². The minimum Gasteiger partial charge on any atom is -0.327 e. The molecule has 0 saturated carbocycles. The van der Waals surface area contributed by atoms with Crippen LogP contribution in [0, 0.1) is 0 Å². The first-order valence-corrected chi connectivity index (χ1v) is 4.08. The fourth-order valence-electron chi connectivity index (χ4n) is 1.20. The molecule has 1 aromatic carbocycles. The molecule has 0 bridgehead atoms. The summed E-state index contributed by atoms with van der Waals surface area (Å²) in [6.07, 6.45) is 3.93. The van der Waals surface area contributed by atoms with Crippen molar-refractivity contribution in [1.29, 1.82) is 0 Å². The lowest BCUT2D eigenvalue weighted by molar-refractivity contribution is -0.105. The molecule has 2 aromatic rings. The molecule has 0 unspecified atom stereocenters. The minimum absolute atomic E-state index is 0.635. The van der Waals surface area contributed by atoms with Gasteiger partial charge in [-0.1, -0.05) is 17.3 Å².